The summed E-state index contributed by atoms with van der Waals surface area (Å²) in [6.07, 6.45) is 8.97. The third kappa shape index (κ3) is 3.64. The van der Waals surface area contributed by atoms with E-state index in [9.17, 15) is 19.8 Å². The Hall–Kier alpha value is -1.68. The van der Waals surface area contributed by atoms with Crippen LogP contribution in [0.3, 0.4) is 0 Å². The SMILES string of the molecule is C=C(CCC(C(=O)O)[C@H]1[C@H](O)C[C@@]2(C)C3=CC[C@H]4C(C)(C)C(=O)CC[C@]4(C)C3=CC[C@]12C)C(C)C. The molecule has 0 saturated heterocycles. The first kappa shape index (κ1) is 26.4. The number of carboxylic acids is 1. The van der Waals surface area contributed by atoms with Crippen molar-refractivity contribution >= 4 is 11.8 Å². The zero-order valence-corrected chi connectivity index (χ0v) is 22.9. The van der Waals surface area contributed by atoms with Crippen molar-refractivity contribution < 1.29 is 19.8 Å². The van der Waals surface area contributed by atoms with Gasteiger partial charge in [-0.2, -0.15) is 0 Å². The number of rotatable bonds is 6. The van der Waals surface area contributed by atoms with Crippen molar-refractivity contribution in [3.8, 4) is 0 Å². The predicted octanol–water partition coefficient (Wildman–Crippen LogP) is 6.74. The highest BCUT2D eigenvalue weighted by atomic mass is 16.4. The monoisotopic (exact) mass is 482 g/mol. The normalized spacial score (nSPS) is 40.8. The molecule has 4 aliphatic rings. The number of hydrogen-bond donors (Lipinski definition) is 2. The van der Waals surface area contributed by atoms with Crippen LogP contribution in [0.15, 0.2) is 35.5 Å². The second-order valence-corrected chi connectivity index (χ2v) is 13.6. The third-order valence-corrected chi connectivity index (χ3v) is 11.4. The second kappa shape index (κ2) is 8.43. The maximum absolute atomic E-state index is 12.8. The summed E-state index contributed by atoms with van der Waals surface area (Å²) in [6, 6.07) is 0. The highest BCUT2D eigenvalue weighted by Crippen LogP contribution is 2.71. The molecule has 4 rings (SSSR count). The smallest absolute Gasteiger partial charge is 0.306 e. The lowest BCUT2D eigenvalue weighted by Gasteiger charge is -2.59. The van der Waals surface area contributed by atoms with Crippen LogP contribution in [0.25, 0.3) is 0 Å². The number of allylic oxidation sites excluding steroid dienone is 5. The molecule has 0 bridgehead atoms. The standard InChI is InChI=1S/C31H46O4/c1-18(2)19(3)9-10-20(27(34)35)26-23(32)17-31(8)22-11-12-24-28(4,5)25(33)14-15-29(24,6)21(22)13-16-30(26,31)7/h11,13,18,20,23-24,26,32H,3,9-10,12,14-17H2,1-2,4-8H3,(H,34,35)/t20?,23-,24+,26+,29-,30-,31+/m1/s1. The average Bonchev–Trinajstić information content (AvgIpc) is 2.97. The minimum absolute atomic E-state index is 0.0594. The first-order valence-corrected chi connectivity index (χ1v) is 13.6. The van der Waals surface area contributed by atoms with Crippen LogP contribution in [-0.2, 0) is 9.59 Å². The van der Waals surface area contributed by atoms with Crippen molar-refractivity contribution in [1.29, 1.82) is 0 Å². The molecule has 0 spiro atoms. The zero-order valence-electron chi connectivity index (χ0n) is 22.9. The van der Waals surface area contributed by atoms with Gasteiger partial charge in [-0.25, -0.2) is 0 Å². The summed E-state index contributed by atoms with van der Waals surface area (Å²) in [5.74, 6) is -0.739. The van der Waals surface area contributed by atoms with Crippen LogP contribution < -0.4 is 0 Å². The minimum Gasteiger partial charge on any atom is -0.481 e. The summed E-state index contributed by atoms with van der Waals surface area (Å²) in [6.45, 7) is 19.4. The van der Waals surface area contributed by atoms with Gasteiger partial charge in [0.05, 0.1) is 12.0 Å². The van der Waals surface area contributed by atoms with Crippen LogP contribution in [-0.4, -0.2) is 28.1 Å². The first-order valence-electron chi connectivity index (χ1n) is 13.6. The van der Waals surface area contributed by atoms with E-state index in [1.165, 1.54) is 11.1 Å². The summed E-state index contributed by atoms with van der Waals surface area (Å²) in [5.41, 5.74) is 2.72. The fourth-order valence-corrected chi connectivity index (χ4v) is 8.72. The molecule has 0 aromatic rings. The number of ketones is 1. The number of aliphatic hydroxyl groups excluding tert-OH is 1. The molecule has 1 unspecified atom stereocenters. The molecule has 4 aliphatic carbocycles. The van der Waals surface area contributed by atoms with E-state index in [0.29, 0.717) is 37.4 Å². The van der Waals surface area contributed by atoms with E-state index >= 15 is 0 Å². The van der Waals surface area contributed by atoms with Crippen molar-refractivity contribution in [2.45, 2.75) is 99.5 Å². The van der Waals surface area contributed by atoms with E-state index in [-0.39, 0.29) is 33.5 Å². The number of aliphatic carboxylic acids is 1. The lowest BCUT2D eigenvalue weighted by molar-refractivity contribution is -0.148. The summed E-state index contributed by atoms with van der Waals surface area (Å²) < 4.78 is 0. The molecule has 4 nitrogen and oxygen atoms in total. The van der Waals surface area contributed by atoms with Crippen molar-refractivity contribution in [2.24, 2.45) is 45.3 Å². The summed E-state index contributed by atoms with van der Waals surface area (Å²) in [5, 5.41) is 21.8. The van der Waals surface area contributed by atoms with Crippen LogP contribution in [0.5, 0.6) is 0 Å². The van der Waals surface area contributed by atoms with Crippen molar-refractivity contribution in [3.63, 3.8) is 0 Å². The van der Waals surface area contributed by atoms with Gasteiger partial charge in [0.1, 0.15) is 5.78 Å². The zero-order chi connectivity index (χ0) is 26.1. The molecule has 0 radical (unpaired) electrons. The molecule has 4 heteroatoms. The largest absolute Gasteiger partial charge is 0.481 e. The predicted molar refractivity (Wildman–Crippen MR) is 140 cm³/mol. The van der Waals surface area contributed by atoms with Crippen molar-refractivity contribution in [1.82, 2.24) is 0 Å². The Morgan fingerprint density at radius 3 is 2.40 bits per heavy atom. The van der Waals surface area contributed by atoms with Gasteiger partial charge in [-0.15, -0.1) is 0 Å². The Morgan fingerprint density at radius 2 is 1.80 bits per heavy atom. The van der Waals surface area contributed by atoms with Crippen LogP contribution >= 0.6 is 0 Å². The molecule has 2 saturated carbocycles. The molecule has 0 amide bonds. The molecule has 2 N–H and O–H groups in total. The average molecular weight is 483 g/mol. The van der Waals surface area contributed by atoms with Crippen LogP contribution in [0, 0.1) is 45.3 Å². The number of fused-ring (bicyclic) bond motifs is 5. The van der Waals surface area contributed by atoms with Crippen LogP contribution in [0.2, 0.25) is 0 Å². The van der Waals surface area contributed by atoms with E-state index in [1.54, 1.807) is 0 Å². The molecule has 194 valence electrons. The van der Waals surface area contributed by atoms with Gasteiger partial charge in [-0.1, -0.05) is 72.8 Å². The molecular formula is C31H46O4. The summed E-state index contributed by atoms with van der Waals surface area (Å²) >= 11 is 0. The summed E-state index contributed by atoms with van der Waals surface area (Å²) in [7, 11) is 0. The molecule has 0 aromatic carbocycles. The Balaban J connectivity index is 1.73. The van der Waals surface area contributed by atoms with E-state index in [0.717, 1.165) is 24.8 Å². The van der Waals surface area contributed by atoms with Gasteiger partial charge in [0.2, 0.25) is 0 Å². The van der Waals surface area contributed by atoms with Gasteiger partial charge in [-0.05, 0) is 72.3 Å². The highest BCUT2D eigenvalue weighted by molar-refractivity contribution is 5.86. The van der Waals surface area contributed by atoms with E-state index in [4.69, 9.17) is 0 Å². The van der Waals surface area contributed by atoms with Gasteiger partial charge in [0.25, 0.3) is 0 Å². The molecule has 0 heterocycles. The fraction of sp³-hybridized carbons (Fsp3) is 0.742. The molecule has 7 atom stereocenters. The lowest BCUT2D eigenvalue weighted by atomic mass is 9.44. The van der Waals surface area contributed by atoms with Crippen LogP contribution in [0.1, 0.15) is 93.4 Å². The topological polar surface area (TPSA) is 74.6 Å². The lowest BCUT2D eigenvalue weighted by Crippen LogP contribution is -2.53. The first-order chi connectivity index (χ1) is 16.1. The van der Waals surface area contributed by atoms with Crippen molar-refractivity contribution in [3.05, 3.63) is 35.5 Å². The van der Waals surface area contributed by atoms with Crippen LogP contribution in [0.4, 0.5) is 0 Å². The number of carbonyl (C=O) groups excluding carboxylic acids is 1. The van der Waals surface area contributed by atoms with Gasteiger partial charge in [-0.3, -0.25) is 9.59 Å². The molecule has 0 aromatic heterocycles. The van der Waals surface area contributed by atoms with Gasteiger partial charge in [0.15, 0.2) is 0 Å². The Labute approximate surface area is 212 Å². The van der Waals surface area contributed by atoms with Crippen molar-refractivity contribution in [2.75, 3.05) is 0 Å². The molecule has 2 fully saturated rings. The Kier molecular flexibility index (Phi) is 6.36. The highest BCUT2D eigenvalue weighted by Gasteiger charge is 2.66. The fourth-order valence-electron chi connectivity index (χ4n) is 8.72. The van der Waals surface area contributed by atoms with Gasteiger partial charge < -0.3 is 10.2 Å². The van der Waals surface area contributed by atoms with Gasteiger partial charge >= 0.3 is 5.97 Å². The molecular weight excluding hydrogens is 436 g/mol. The van der Waals surface area contributed by atoms with Gasteiger partial charge in [0, 0.05) is 23.2 Å². The number of carboxylic acid groups (broad SMARTS) is 1. The quantitative estimate of drug-likeness (QED) is 0.411. The van der Waals surface area contributed by atoms with E-state index < -0.39 is 18.0 Å². The van der Waals surface area contributed by atoms with E-state index in [1.807, 2.05) is 0 Å². The number of hydrogen-bond acceptors (Lipinski definition) is 3. The number of carbonyl (C=O) groups is 2. The maximum atomic E-state index is 12.8. The number of Topliss-reactive ketones (excluding diaryl/α,β-unsaturated/α-hetero) is 1. The second-order valence-electron chi connectivity index (χ2n) is 13.6. The molecule has 35 heavy (non-hydrogen) atoms. The summed E-state index contributed by atoms with van der Waals surface area (Å²) in [4.78, 5) is 25.4. The van der Waals surface area contributed by atoms with E-state index in [2.05, 4.69) is 67.2 Å². The minimum atomic E-state index is -0.803. The third-order valence-electron chi connectivity index (χ3n) is 11.4. The Bertz CT molecular complexity index is 999. The number of aliphatic hydroxyl groups is 1. The molecule has 0 aliphatic heterocycles. The maximum Gasteiger partial charge on any atom is 0.306 e. The Morgan fingerprint density at radius 1 is 1.14 bits per heavy atom.